The lowest BCUT2D eigenvalue weighted by Gasteiger charge is -2.19. The second-order valence-corrected chi connectivity index (χ2v) is 4.23. The van der Waals surface area contributed by atoms with Crippen molar-refractivity contribution in [2.24, 2.45) is 0 Å². The van der Waals surface area contributed by atoms with Gasteiger partial charge in [-0.2, -0.15) is 0 Å². The van der Waals surface area contributed by atoms with Crippen LogP contribution in [0.1, 0.15) is 36.2 Å². The Morgan fingerprint density at radius 3 is 2.53 bits per heavy atom. The number of amides is 1. The van der Waals surface area contributed by atoms with Crippen LogP contribution in [0.25, 0.3) is 0 Å². The van der Waals surface area contributed by atoms with E-state index in [1.165, 1.54) is 6.92 Å². The zero-order chi connectivity index (χ0) is 12.8. The highest BCUT2D eigenvalue weighted by Crippen LogP contribution is 2.06. The lowest BCUT2D eigenvalue weighted by molar-refractivity contribution is -0.128. The number of carbonyl (C=O) groups is 2. The fourth-order valence-electron chi connectivity index (χ4n) is 1.70. The van der Waals surface area contributed by atoms with Crippen LogP contribution in [-0.2, 0) is 4.79 Å². The third kappa shape index (κ3) is 4.02. The predicted octanol–water partition coefficient (Wildman–Crippen LogP) is 2.44. The summed E-state index contributed by atoms with van der Waals surface area (Å²) in [5, 5.41) is 0. The van der Waals surface area contributed by atoms with Crippen molar-refractivity contribution in [2.45, 2.75) is 27.2 Å². The average Bonchev–Trinajstić information content (AvgIpc) is 2.28. The Balaban J connectivity index is 2.73. The summed E-state index contributed by atoms with van der Waals surface area (Å²) in [5.74, 6) is -0.0507. The zero-order valence-corrected chi connectivity index (χ0v) is 10.7. The van der Waals surface area contributed by atoms with Crippen LogP contribution in [0, 0.1) is 6.92 Å². The summed E-state index contributed by atoms with van der Waals surface area (Å²) < 4.78 is 0. The topological polar surface area (TPSA) is 37.4 Å². The smallest absolute Gasteiger partial charge is 0.219 e. The molecule has 0 heterocycles. The lowest BCUT2D eigenvalue weighted by atomic mass is 10.1. The molecule has 1 aromatic carbocycles. The summed E-state index contributed by atoms with van der Waals surface area (Å²) in [6, 6.07) is 7.46. The molecule has 3 heteroatoms. The van der Waals surface area contributed by atoms with Gasteiger partial charge in [0.25, 0.3) is 0 Å². The van der Waals surface area contributed by atoms with E-state index in [1.54, 1.807) is 11.0 Å². The monoisotopic (exact) mass is 233 g/mol. The van der Waals surface area contributed by atoms with Crippen molar-refractivity contribution in [1.82, 2.24) is 4.90 Å². The minimum absolute atomic E-state index is 0.00245. The summed E-state index contributed by atoms with van der Waals surface area (Å²) >= 11 is 0. The molecular weight excluding hydrogens is 214 g/mol. The highest BCUT2D eigenvalue weighted by Gasteiger charge is 2.14. The Morgan fingerprint density at radius 2 is 2.00 bits per heavy atom. The molecule has 0 aromatic heterocycles. The second-order valence-electron chi connectivity index (χ2n) is 4.23. The molecule has 17 heavy (non-hydrogen) atoms. The normalized spacial score (nSPS) is 10.1. The number of Topliss-reactive ketones (excluding diaryl/α,β-unsaturated/α-hetero) is 1. The van der Waals surface area contributed by atoms with Gasteiger partial charge >= 0.3 is 0 Å². The van der Waals surface area contributed by atoms with Crippen molar-refractivity contribution in [3.63, 3.8) is 0 Å². The van der Waals surface area contributed by atoms with Crippen molar-refractivity contribution >= 4 is 11.7 Å². The summed E-state index contributed by atoms with van der Waals surface area (Å²) in [5.41, 5.74) is 1.73. The lowest BCUT2D eigenvalue weighted by Crippen LogP contribution is -2.34. The van der Waals surface area contributed by atoms with Crippen molar-refractivity contribution in [3.05, 3.63) is 35.4 Å². The Bertz CT molecular complexity index is 412. The number of hydrogen-bond acceptors (Lipinski definition) is 2. The number of carbonyl (C=O) groups excluding carboxylic acids is 2. The molecule has 3 nitrogen and oxygen atoms in total. The SMILES string of the molecule is CCCN(CC(=O)c1cccc(C)c1)C(C)=O. The maximum absolute atomic E-state index is 12.0. The van der Waals surface area contributed by atoms with Gasteiger partial charge in [0.1, 0.15) is 0 Å². The molecular formula is C14H19NO2. The van der Waals surface area contributed by atoms with Gasteiger partial charge in [-0.25, -0.2) is 0 Å². The van der Waals surface area contributed by atoms with E-state index >= 15 is 0 Å². The van der Waals surface area contributed by atoms with Gasteiger partial charge in [0.05, 0.1) is 6.54 Å². The van der Waals surface area contributed by atoms with E-state index < -0.39 is 0 Å². The van der Waals surface area contributed by atoms with Gasteiger partial charge in [0.2, 0.25) is 5.91 Å². The predicted molar refractivity (Wildman–Crippen MR) is 68.1 cm³/mol. The number of hydrogen-bond donors (Lipinski definition) is 0. The van der Waals surface area contributed by atoms with E-state index in [2.05, 4.69) is 0 Å². The van der Waals surface area contributed by atoms with E-state index in [0.717, 1.165) is 12.0 Å². The molecule has 0 bridgehead atoms. The molecule has 0 atom stereocenters. The van der Waals surface area contributed by atoms with Crippen LogP contribution in [0.3, 0.4) is 0 Å². The van der Waals surface area contributed by atoms with E-state index in [-0.39, 0.29) is 18.2 Å². The molecule has 0 fully saturated rings. The summed E-state index contributed by atoms with van der Waals surface area (Å²) in [4.78, 5) is 24.9. The Hall–Kier alpha value is -1.64. The molecule has 1 amide bonds. The van der Waals surface area contributed by atoms with Crippen molar-refractivity contribution < 1.29 is 9.59 Å². The maximum atomic E-state index is 12.0. The molecule has 0 saturated carbocycles. The molecule has 0 aliphatic carbocycles. The fraction of sp³-hybridized carbons (Fsp3) is 0.429. The van der Waals surface area contributed by atoms with Crippen molar-refractivity contribution in [3.8, 4) is 0 Å². The van der Waals surface area contributed by atoms with E-state index in [1.807, 2.05) is 32.0 Å². The molecule has 0 radical (unpaired) electrons. The number of nitrogens with zero attached hydrogens (tertiary/aromatic N) is 1. The van der Waals surface area contributed by atoms with Crippen molar-refractivity contribution in [1.29, 1.82) is 0 Å². The van der Waals surface area contributed by atoms with Crippen LogP contribution in [-0.4, -0.2) is 29.7 Å². The Kier molecular flexibility index (Phi) is 4.88. The van der Waals surface area contributed by atoms with Crippen LogP contribution in [0.4, 0.5) is 0 Å². The van der Waals surface area contributed by atoms with Gasteiger partial charge in [-0.15, -0.1) is 0 Å². The Morgan fingerprint density at radius 1 is 1.29 bits per heavy atom. The first-order valence-electron chi connectivity index (χ1n) is 5.90. The molecule has 1 rings (SSSR count). The van der Waals surface area contributed by atoms with E-state index in [4.69, 9.17) is 0 Å². The Labute approximate surface area is 102 Å². The first-order chi connectivity index (χ1) is 8.04. The molecule has 92 valence electrons. The van der Waals surface area contributed by atoms with Gasteiger partial charge in [0, 0.05) is 19.0 Å². The molecule has 0 spiro atoms. The van der Waals surface area contributed by atoms with Crippen LogP contribution >= 0.6 is 0 Å². The van der Waals surface area contributed by atoms with Gasteiger partial charge < -0.3 is 4.90 Å². The zero-order valence-electron chi connectivity index (χ0n) is 10.7. The highest BCUT2D eigenvalue weighted by atomic mass is 16.2. The van der Waals surface area contributed by atoms with Crippen LogP contribution < -0.4 is 0 Å². The highest BCUT2D eigenvalue weighted by molar-refractivity contribution is 5.99. The first kappa shape index (κ1) is 13.4. The number of rotatable bonds is 5. The molecule has 0 aliphatic heterocycles. The van der Waals surface area contributed by atoms with Gasteiger partial charge in [-0.05, 0) is 19.4 Å². The first-order valence-corrected chi connectivity index (χ1v) is 5.90. The molecule has 0 aliphatic rings. The maximum Gasteiger partial charge on any atom is 0.219 e. The quantitative estimate of drug-likeness (QED) is 0.732. The summed E-state index contributed by atoms with van der Waals surface area (Å²) in [6.45, 7) is 6.25. The molecule has 0 unspecified atom stereocenters. The number of ketones is 1. The van der Waals surface area contributed by atoms with Crippen LogP contribution in [0.15, 0.2) is 24.3 Å². The summed E-state index contributed by atoms with van der Waals surface area (Å²) in [6.07, 6.45) is 0.862. The largest absolute Gasteiger partial charge is 0.335 e. The number of benzene rings is 1. The van der Waals surface area contributed by atoms with Crippen LogP contribution in [0.5, 0.6) is 0 Å². The third-order valence-corrected chi connectivity index (χ3v) is 2.61. The second kappa shape index (κ2) is 6.18. The van der Waals surface area contributed by atoms with Gasteiger partial charge in [-0.1, -0.05) is 30.7 Å². The number of aryl methyl sites for hydroxylation is 1. The van der Waals surface area contributed by atoms with Gasteiger partial charge in [-0.3, -0.25) is 9.59 Å². The molecule has 1 aromatic rings. The third-order valence-electron chi connectivity index (χ3n) is 2.61. The van der Waals surface area contributed by atoms with Crippen LogP contribution in [0.2, 0.25) is 0 Å². The average molecular weight is 233 g/mol. The fourth-order valence-corrected chi connectivity index (χ4v) is 1.70. The van der Waals surface area contributed by atoms with E-state index in [9.17, 15) is 9.59 Å². The van der Waals surface area contributed by atoms with Gasteiger partial charge in [0.15, 0.2) is 5.78 Å². The standard InChI is InChI=1S/C14H19NO2/c1-4-8-15(12(3)16)10-14(17)13-7-5-6-11(2)9-13/h5-7,9H,4,8,10H2,1-3H3. The van der Waals surface area contributed by atoms with Crippen molar-refractivity contribution in [2.75, 3.05) is 13.1 Å². The molecule has 0 saturated heterocycles. The van der Waals surface area contributed by atoms with E-state index in [0.29, 0.717) is 12.1 Å². The minimum Gasteiger partial charge on any atom is -0.335 e. The molecule has 0 N–H and O–H groups in total. The summed E-state index contributed by atoms with van der Waals surface area (Å²) in [7, 11) is 0. The minimum atomic E-state index is -0.0483.